The molecule has 0 fully saturated rings. The van der Waals surface area contributed by atoms with Gasteiger partial charge in [-0.15, -0.1) is 0 Å². The third-order valence-corrected chi connectivity index (χ3v) is 3.61. The van der Waals surface area contributed by atoms with E-state index in [0.29, 0.717) is 12.1 Å². The van der Waals surface area contributed by atoms with Crippen molar-refractivity contribution in [3.05, 3.63) is 59.0 Å². The molecule has 0 spiro atoms. The number of para-hydroxylation sites is 1. The number of aldehydes is 1. The van der Waals surface area contributed by atoms with Crippen LogP contribution in [-0.4, -0.2) is 21.1 Å². The number of hydrogen-bond donors (Lipinski definition) is 0. The Kier molecular flexibility index (Phi) is 3.06. The van der Waals surface area contributed by atoms with E-state index < -0.39 is 0 Å². The molecular weight excluding hydrogens is 250 g/mol. The molecule has 0 saturated heterocycles. The van der Waals surface area contributed by atoms with Crippen LogP contribution in [0.4, 0.5) is 0 Å². The van der Waals surface area contributed by atoms with Crippen molar-refractivity contribution in [1.29, 1.82) is 0 Å². The SMILES string of the molecule is Cc1nn(Cc2ccnc3ccccc23)c(C)c1C=O. The Balaban J connectivity index is 2.08. The fourth-order valence-corrected chi connectivity index (χ4v) is 2.49. The van der Waals surface area contributed by atoms with Gasteiger partial charge in [-0.3, -0.25) is 14.5 Å². The molecule has 100 valence electrons. The molecule has 4 heteroatoms. The summed E-state index contributed by atoms with van der Waals surface area (Å²) in [6.07, 6.45) is 2.68. The molecule has 2 aromatic heterocycles. The van der Waals surface area contributed by atoms with E-state index in [9.17, 15) is 4.79 Å². The van der Waals surface area contributed by atoms with Crippen molar-refractivity contribution < 1.29 is 4.79 Å². The zero-order valence-electron chi connectivity index (χ0n) is 11.5. The van der Waals surface area contributed by atoms with Gasteiger partial charge in [0, 0.05) is 17.3 Å². The summed E-state index contributed by atoms with van der Waals surface area (Å²) in [6, 6.07) is 10.0. The van der Waals surface area contributed by atoms with Gasteiger partial charge < -0.3 is 0 Å². The van der Waals surface area contributed by atoms with Crippen LogP contribution in [0.5, 0.6) is 0 Å². The molecule has 1 aromatic carbocycles. The lowest BCUT2D eigenvalue weighted by atomic mass is 10.1. The lowest BCUT2D eigenvalue weighted by molar-refractivity contribution is 0.112. The van der Waals surface area contributed by atoms with Gasteiger partial charge in [-0.1, -0.05) is 18.2 Å². The monoisotopic (exact) mass is 265 g/mol. The molecule has 2 heterocycles. The maximum atomic E-state index is 11.1. The van der Waals surface area contributed by atoms with Crippen molar-refractivity contribution in [2.24, 2.45) is 0 Å². The first kappa shape index (κ1) is 12.5. The normalized spacial score (nSPS) is 10.9. The van der Waals surface area contributed by atoms with E-state index in [0.717, 1.165) is 34.1 Å². The second-order valence-corrected chi connectivity index (χ2v) is 4.85. The van der Waals surface area contributed by atoms with E-state index in [1.807, 2.05) is 49.0 Å². The predicted octanol–water partition coefficient (Wildman–Crippen LogP) is 2.91. The van der Waals surface area contributed by atoms with E-state index in [1.54, 1.807) is 0 Å². The largest absolute Gasteiger partial charge is 0.298 e. The van der Waals surface area contributed by atoms with Crippen molar-refractivity contribution in [3.8, 4) is 0 Å². The highest BCUT2D eigenvalue weighted by atomic mass is 16.1. The summed E-state index contributed by atoms with van der Waals surface area (Å²) in [5.41, 5.74) is 4.48. The predicted molar refractivity (Wildman–Crippen MR) is 77.9 cm³/mol. The van der Waals surface area contributed by atoms with E-state index >= 15 is 0 Å². The van der Waals surface area contributed by atoms with Gasteiger partial charge in [0.05, 0.1) is 23.3 Å². The number of carbonyl (C=O) groups excluding carboxylic acids is 1. The molecule has 0 radical (unpaired) electrons. The van der Waals surface area contributed by atoms with E-state index in [-0.39, 0.29) is 0 Å². The van der Waals surface area contributed by atoms with Gasteiger partial charge in [0.25, 0.3) is 0 Å². The van der Waals surface area contributed by atoms with Crippen LogP contribution in [0.15, 0.2) is 36.5 Å². The van der Waals surface area contributed by atoms with Crippen LogP contribution in [0.25, 0.3) is 10.9 Å². The van der Waals surface area contributed by atoms with E-state index in [1.165, 1.54) is 0 Å². The molecule has 0 bridgehead atoms. The smallest absolute Gasteiger partial charge is 0.153 e. The van der Waals surface area contributed by atoms with Gasteiger partial charge in [0.1, 0.15) is 0 Å². The van der Waals surface area contributed by atoms with Crippen LogP contribution < -0.4 is 0 Å². The minimum Gasteiger partial charge on any atom is -0.298 e. The highest BCUT2D eigenvalue weighted by molar-refractivity contribution is 5.82. The minimum atomic E-state index is 0.642. The van der Waals surface area contributed by atoms with Crippen molar-refractivity contribution in [3.63, 3.8) is 0 Å². The van der Waals surface area contributed by atoms with Gasteiger partial charge in [-0.05, 0) is 31.5 Å². The standard InChI is InChI=1S/C16H15N3O/c1-11-15(10-20)12(2)19(18-11)9-13-7-8-17-16-6-4-3-5-14(13)16/h3-8,10H,9H2,1-2H3. The summed E-state index contributed by atoms with van der Waals surface area (Å²) in [6.45, 7) is 4.43. The average molecular weight is 265 g/mol. The van der Waals surface area contributed by atoms with Crippen molar-refractivity contribution in [2.45, 2.75) is 20.4 Å². The summed E-state index contributed by atoms with van der Waals surface area (Å²) in [7, 11) is 0. The summed E-state index contributed by atoms with van der Waals surface area (Å²) < 4.78 is 1.88. The van der Waals surface area contributed by atoms with E-state index in [2.05, 4.69) is 16.1 Å². The van der Waals surface area contributed by atoms with Gasteiger partial charge in [-0.2, -0.15) is 5.10 Å². The number of aryl methyl sites for hydroxylation is 1. The van der Waals surface area contributed by atoms with Crippen LogP contribution in [0.3, 0.4) is 0 Å². The van der Waals surface area contributed by atoms with Crippen LogP contribution in [0, 0.1) is 13.8 Å². The Morgan fingerprint density at radius 2 is 2.00 bits per heavy atom. The molecule has 0 unspecified atom stereocenters. The number of carbonyl (C=O) groups is 1. The van der Waals surface area contributed by atoms with Crippen LogP contribution >= 0.6 is 0 Å². The lowest BCUT2D eigenvalue weighted by Crippen LogP contribution is -2.05. The molecule has 3 rings (SSSR count). The third-order valence-electron chi connectivity index (χ3n) is 3.61. The Hall–Kier alpha value is -2.49. The number of benzene rings is 1. The number of pyridine rings is 1. The average Bonchev–Trinajstić information content (AvgIpc) is 2.73. The molecule has 0 aliphatic carbocycles. The van der Waals surface area contributed by atoms with Crippen LogP contribution in [0.2, 0.25) is 0 Å². The summed E-state index contributed by atoms with van der Waals surface area (Å²) in [4.78, 5) is 15.4. The molecule has 20 heavy (non-hydrogen) atoms. The number of hydrogen-bond acceptors (Lipinski definition) is 3. The number of rotatable bonds is 3. The molecule has 0 atom stereocenters. The van der Waals surface area contributed by atoms with Gasteiger partial charge >= 0.3 is 0 Å². The first-order valence-electron chi connectivity index (χ1n) is 6.52. The fourth-order valence-electron chi connectivity index (χ4n) is 2.49. The zero-order valence-corrected chi connectivity index (χ0v) is 11.5. The Morgan fingerprint density at radius 1 is 1.20 bits per heavy atom. The summed E-state index contributed by atoms with van der Waals surface area (Å²) >= 11 is 0. The van der Waals surface area contributed by atoms with Gasteiger partial charge in [0.15, 0.2) is 6.29 Å². The maximum Gasteiger partial charge on any atom is 0.153 e. The van der Waals surface area contributed by atoms with Crippen molar-refractivity contribution in [1.82, 2.24) is 14.8 Å². The number of fused-ring (bicyclic) bond motifs is 1. The van der Waals surface area contributed by atoms with Crippen LogP contribution in [-0.2, 0) is 6.54 Å². The molecule has 0 N–H and O–H groups in total. The fraction of sp³-hybridized carbons (Fsp3) is 0.188. The molecular formula is C16H15N3O. The Labute approximate surface area is 117 Å². The molecule has 0 amide bonds. The van der Waals surface area contributed by atoms with Gasteiger partial charge in [-0.25, -0.2) is 0 Å². The maximum absolute atomic E-state index is 11.1. The van der Waals surface area contributed by atoms with E-state index in [4.69, 9.17) is 0 Å². The first-order chi connectivity index (χ1) is 9.70. The van der Waals surface area contributed by atoms with Crippen LogP contribution in [0.1, 0.15) is 27.3 Å². The Bertz CT molecular complexity index is 784. The molecule has 0 saturated carbocycles. The molecule has 3 aromatic rings. The first-order valence-corrected chi connectivity index (χ1v) is 6.52. The minimum absolute atomic E-state index is 0.642. The quantitative estimate of drug-likeness (QED) is 0.684. The highest BCUT2D eigenvalue weighted by Crippen LogP contribution is 2.19. The highest BCUT2D eigenvalue weighted by Gasteiger charge is 2.11. The number of nitrogens with zero attached hydrogens (tertiary/aromatic N) is 3. The molecule has 4 nitrogen and oxygen atoms in total. The molecule has 0 aliphatic rings. The topological polar surface area (TPSA) is 47.8 Å². The van der Waals surface area contributed by atoms with Gasteiger partial charge in [0.2, 0.25) is 0 Å². The molecule has 0 aliphatic heterocycles. The third kappa shape index (κ3) is 1.99. The van der Waals surface area contributed by atoms with Crippen molar-refractivity contribution >= 4 is 17.2 Å². The second-order valence-electron chi connectivity index (χ2n) is 4.85. The Morgan fingerprint density at radius 3 is 2.75 bits per heavy atom. The summed E-state index contributed by atoms with van der Waals surface area (Å²) in [5, 5.41) is 5.57. The summed E-state index contributed by atoms with van der Waals surface area (Å²) in [5.74, 6) is 0. The number of aromatic nitrogens is 3. The second kappa shape index (κ2) is 4.89. The lowest BCUT2D eigenvalue weighted by Gasteiger charge is -2.08. The van der Waals surface area contributed by atoms with Crippen molar-refractivity contribution in [2.75, 3.05) is 0 Å². The zero-order chi connectivity index (χ0) is 14.1.